The summed E-state index contributed by atoms with van der Waals surface area (Å²) in [6, 6.07) is 2.88. The summed E-state index contributed by atoms with van der Waals surface area (Å²) in [7, 11) is 0. The third-order valence-corrected chi connectivity index (χ3v) is 2.52. The Hall–Kier alpha value is -1.17. The highest BCUT2D eigenvalue weighted by atomic mass is 19.4. The monoisotopic (exact) mass is 267 g/mol. The van der Waals surface area contributed by atoms with Gasteiger partial charge in [-0.25, -0.2) is 8.78 Å². The van der Waals surface area contributed by atoms with Gasteiger partial charge in [0.15, 0.2) is 11.6 Å². The lowest BCUT2D eigenvalue weighted by Gasteiger charge is -2.12. The Kier molecular flexibility index (Phi) is 5.07. The number of rotatable bonds is 5. The van der Waals surface area contributed by atoms with Crippen molar-refractivity contribution in [2.45, 2.75) is 37.9 Å². The van der Waals surface area contributed by atoms with Crippen molar-refractivity contribution in [3.05, 3.63) is 35.4 Å². The third-order valence-electron chi connectivity index (χ3n) is 2.52. The van der Waals surface area contributed by atoms with Crippen LogP contribution in [0.5, 0.6) is 0 Å². The maximum absolute atomic E-state index is 12.9. The Labute approximate surface area is 102 Å². The van der Waals surface area contributed by atoms with Gasteiger partial charge in [-0.05, 0) is 37.0 Å². The molecule has 18 heavy (non-hydrogen) atoms. The standard InChI is InChI=1S/C12H14F5N/c13-10-4-3-8(7-11(10)14)6-9(18)2-1-5-12(15,16)17/h3-4,7,9H,1-2,5-6,18H2. The fourth-order valence-electron chi connectivity index (χ4n) is 1.64. The second-order valence-electron chi connectivity index (χ2n) is 4.22. The average Bonchev–Trinajstić information content (AvgIpc) is 2.21. The molecule has 6 heteroatoms. The van der Waals surface area contributed by atoms with Crippen LogP contribution in [-0.2, 0) is 6.42 Å². The Morgan fingerprint density at radius 3 is 2.33 bits per heavy atom. The molecule has 102 valence electrons. The first-order valence-electron chi connectivity index (χ1n) is 5.54. The molecule has 1 rings (SSSR count). The maximum Gasteiger partial charge on any atom is 0.389 e. The van der Waals surface area contributed by atoms with Crippen LogP contribution >= 0.6 is 0 Å². The third kappa shape index (κ3) is 5.44. The molecular formula is C12H14F5N. The molecule has 0 saturated carbocycles. The van der Waals surface area contributed by atoms with Crippen molar-refractivity contribution >= 4 is 0 Å². The van der Waals surface area contributed by atoms with Gasteiger partial charge in [-0.3, -0.25) is 0 Å². The van der Waals surface area contributed by atoms with Gasteiger partial charge in [-0.2, -0.15) is 13.2 Å². The van der Waals surface area contributed by atoms with Crippen LogP contribution < -0.4 is 5.73 Å². The van der Waals surface area contributed by atoms with Gasteiger partial charge >= 0.3 is 6.18 Å². The summed E-state index contributed by atoms with van der Waals surface area (Å²) in [5.41, 5.74) is 6.12. The lowest BCUT2D eigenvalue weighted by molar-refractivity contribution is -0.135. The number of alkyl halides is 3. The van der Waals surface area contributed by atoms with Crippen LogP contribution in [0.4, 0.5) is 22.0 Å². The number of nitrogens with two attached hydrogens (primary N) is 1. The van der Waals surface area contributed by atoms with E-state index in [0.717, 1.165) is 12.1 Å². The molecule has 1 aromatic rings. The van der Waals surface area contributed by atoms with Crippen LogP contribution in [0.25, 0.3) is 0 Å². The highest BCUT2D eigenvalue weighted by Gasteiger charge is 2.26. The van der Waals surface area contributed by atoms with Crippen molar-refractivity contribution in [1.82, 2.24) is 0 Å². The van der Waals surface area contributed by atoms with Crippen LogP contribution in [0.2, 0.25) is 0 Å². The van der Waals surface area contributed by atoms with Crippen molar-refractivity contribution in [2.24, 2.45) is 5.73 Å². The molecule has 0 fully saturated rings. The minimum atomic E-state index is -4.18. The molecule has 1 nitrogen and oxygen atoms in total. The molecule has 0 heterocycles. The van der Waals surface area contributed by atoms with E-state index in [1.165, 1.54) is 6.07 Å². The topological polar surface area (TPSA) is 26.0 Å². The fourth-order valence-corrected chi connectivity index (χ4v) is 1.64. The van der Waals surface area contributed by atoms with Gasteiger partial charge in [0.25, 0.3) is 0 Å². The van der Waals surface area contributed by atoms with Crippen LogP contribution in [0.15, 0.2) is 18.2 Å². The predicted molar refractivity (Wildman–Crippen MR) is 57.9 cm³/mol. The Balaban J connectivity index is 2.40. The quantitative estimate of drug-likeness (QED) is 0.811. The molecule has 0 bridgehead atoms. The van der Waals surface area contributed by atoms with Crippen LogP contribution in [0.3, 0.4) is 0 Å². The highest BCUT2D eigenvalue weighted by Crippen LogP contribution is 2.23. The fraction of sp³-hybridized carbons (Fsp3) is 0.500. The molecule has 0 aliphatic rings. The number of hydrogen-bond donors (Lipinski definition) is 1. The van der Waals surface area contributed by atoms with Crippen molar-refractivity contribution in [3.8, 4) is 0 Å². The second kappa shape index (κ2) is 6.13. The summed E-state index contributed by atoms with van der Waals surface area (Å²) in [6.07, 6.45) is -4.69. The summed E-state index contributed by atoms with van der Waals surface area (Å²) in [6.45, 7) is 0. The van der Waals surface area contributed by atoms with Crippen LogP contribution in [0.1, 0.15) is 24.8 Å². The minimum absolute atomic E-state index is 0.0612. The van der Waals surface area contributed by atoms with E-state index in [1.54, 1.807) is 0 Å². The van der Waals surface area contributed by atoms with E-state index >= 15 is 0 Å². The van der Waals surface area contributed by atoms with Crippen LogP contribution in [-0.4, -0.2) is 12.2 Å². The molecule has 0 aromatic heterocycles. The molecule has 1 aromatic carbocycles. The van der Waals surface area contributed by atoms with E-state index in [2.05, 4.69) is 0 Å². The van der Waals surface area contributed by atoms with Gasteiger partial charge in [0.1, 0.15) is 0 Å². The zero-order valence-corrected chi connectivity index (χ0v) is 9.61. The van der Waals surface area contributed by atoms with Crippen molar-refractivity contribution < 1.29 is 22.0 Å². The molecule has 0 aliphatic carbocycles. The second-order valence-corrected chi connectivity index (χ2v) is 4.22. The Morgan fingerprint density at radius 1 is 1.11 bits per heavy atom. The summed E-state index contributed by atoms with van der Waals surface area (Å²) in [4.78, 5) is 0. The zero-order valence-electron chi connectivity index (χ0n) is 9.61. The minimum Gasteiger partial charge on any atom is -0.327 e. The molecular weight excluding hydrogens is 253 g/mol. The van der Waals surface area contributed by atoms with Gasteiger partial charge in [0, 0.05) is 12.5 Å². The van der Waals surface area contributed by atoms with E-state index in [4.69, 9.17) is 5.73 Å². The zero-order chi connectivity index (χ0) is 13.8. The molecule has 0 spiro atoms. The molecule has 0 amide bonds. The molecule has 0 aliphatic heterocycles. The predicted octanol–water partition coefficient (Wildman–Crippen LogP) is 3.57. The summed E-state index contributed by atoms with van der Waals surface area (Å²) < 4.78 is 61.2. The first-order chi connectivity index (χ1) is 8.28. The van der Waals surface area contributed by atoms with Crippen LogP contribution in [0, 0.1) is 11.6 Å². The van der Waals surface area contributed by atoms with Gasteiger partial charge in [-0.1, -0.05) is 6.07 Å². The van der Waals surface area contributed by atoms with Gasteiger partial charge in [-0.15, -0.1) is 0 Å². The molecule has 1 unspecified atom stereocenters. The average molecular weight is 267 g/mol. The van der Waals surface area contributed by atoms with E-state index in [0.29, 0.717) is 5.56 Å². The summed E-state index contributed by atoms with van der Waals surface area (Å²) >= 11 is 0. The van der Waals surface area contributed by atoms with Gasteiger partial charge < -0.3 is 5.73 Å². The molecule has 2 N–H and O–H groups in total. The number of hydrogen-bond acceptors (Lipinski definition) is 1. The summed E-state index contributed by atoms with van der Waals surface area (Å²) in [5, 5.41) is 0. The lowest BCUT2D eigenvalue weighted by Crippen LogP contribution is -2.23. The first kappa shape index (κ1) is 14.9. The molecule has 0 saturated heterocycles. The molecule has 0 radical (unpaired) electrons. The van der Waals surface area contributed by atoms with Crippen molar-refractivity contribution in [1.29, 1.82) is 0 Å². The van der Waals surface area contributed by atoms with Crippen molar-refractivity contribution in [2.75, 3.05) is 0 Å². The highest BCUT2D eigenvalue weighted by molar-refractivity contribution is 5.18. The van der Waals surface area contributed by atoms with E-state index < -0.39 is 30.3 Å². The van der Waals surface area contributed by atoms with Gasteiger partial charge in [0.2, 0.25) is 0 Å². The Morgan fingerprint density at radius 2 is 1.78 bits per heavy atom. The Bertz CT molecular complexity index is 389. The van der Waals surface area contributed by atoms with E-state index in [-0.39, 0.29) is 19.3 Å². The normalized spacial score (nSPS) is 13.7. The van der Waals surface area contributed by atoms with E-state index in [1.807, 2.05) is 0 Å². The van der Waals surface area contributed by atoms with E-state index in [9.17, 15) is 22.0 Å². The molecule has 1 atom stereocenters. The SMILES string of the molecule is NC(CCCC(F)(F)F)Cc1ccc(F)c(F)c1. The summed E-state index contributed by atoms with van der Waals surface area (Å²) in [5.74, 6) is -1.93. The van der Waals surface area contributed by atoms with Crippen molar-refractivity contribution in [3.63, 3.8) is 0 Å². The first-order valence-corrected chi connectivity index (χ1v) is 5.54. The largest absolute Gasteiger partial charge is 0.389 e. The lowest BCUT2D eigenvalue weighted by atomic mass is 10.0. The smallest absolute Gasteiger partial charge is 0.327 e. The maximum atomic E-state index is 12.9. The number of halogens is 5. The number of benzene rings is 1. The van der Waals surface area contributed by atoms with Gasteiger partial charge in [0.05, 0.1) is 0 Å².